The number of nitro groups is 1. The average Bonchev–Trinajstić information content (AvgIpc) is 3.06. The zero-order chi connectivity index (χ0) is 22.7. The van der Waals surface area contributed by atoms with Crippen LogP contribution in [0.5, 0.6) is 5.75 Å². The molecule has 1 fully saturated rings. The third-order valence-electron chi connectivity index (χ3n) is 4.57. The van der Waals surface area contributed by atoms with E-state index < -0.39 is 4.92 Å². The first-order valence-electron chi connectivity index (χ1n) is 9.40. The molecule has 1 saturated heterocycles. The number of benzene rings is 3. The topological polar surface area (TPSA) is 72.7 Å². The van der Waals surface area contributed by atoms with E-state index >= 15 is 0 Å². The molecular weight excluding hydrogens is 468 g/mol. The van der Waals surface area contributed by atoms with Gasteiger partial charge >= 0.3 is 0 Å². The number of hydrogen-bond donors (Lipinski definition) is 0. The van der Waals surface area contributed by atoms with Crippen molar-refractivity contribution in [3.63, 3.8) is 0 Å². The Hall–Kier alpha value is -3.20. The highest BCUT2D eigenvalue weighted by atomic mass is 35.5. The molecule has 1 amide bonds. The highest BCUT2D eigenvalue weighted by molar-refractivity contribution is 8.27. The Morgan fingerprint density at radius 2 is 1.84 bits per heavy atom. The van der Waals surface area contributed by atoms with Crippen molar-refractivity contribution in [3.8, 4) is 5.75 Å². The first-order chi connectivity index (χ1) is 15.4. The zero-order valence-electron chi connectivity index (χ0n) is 16.4. The quantitative estimate of drug-likeness (QED) is 0.179. The standard InChI is InChI=1S/C23H15ClN2O4S2/c24-17-9-7-15(8-10-17)14-30-20-6-1-3-16(11-20)12-21-22(27)25(23(31)32-21)18-4-2-5-19(13-18)26(28)29/h1-13H,14H2/b21-12-. The molecule has 0 spiro atoms. The second-order valence-electron chi connectivity index (χ2n) is 6.78. The van der Waals surface area contributed by atoms with Gasteiger partial charge in [0.15, 0.2) is 4.32 Å². The maximum absolute atomic E-state index is 13.0. The molecule has 0 N–H and O–H groups in total. The smallest absolute Gasteiger partial charge is 0.271 e. The maximum atomic E-state index is 13.0. The second-order valence-corrected chi connectivity index (χ2v) is 8.89. The Bertz CT molecular complexity index is 1240. The number of carbonyl (C=O) groups is 1. The number of amides is 1. The molecule has 1 aliphatic heterocycles. The molecule has 0 bridgehead atoms. The monoisotopic (exact) mass is 482 g/mol. The number of nitro benzene ring substituents is 1. The van der Waals surface area contributed by atoms with Gasteiger partial charge in [-0.15, -0.1) is 0 Å². The number of nitrogens with zero attached hydrogens (tertiary/aromatic N) is 2. The molecule has 0 saturated carbocycles. The van der Waals surface area contributed by atoms with E-state index in [-0.39, 0.29) is 11.6 Å². The van der Waals surface area contributed by atoms with Crippen LogP contribution in [0.2, 0.25) is 5.02 Å². The van der Waals surface area contributed by atoms with E-state index in [0.717, 1.165) is 22.9 Å². The van der Waals surface area contributed by atoms with Gasteiger partial charge in [0, 0.05) is 17.2 Å². The molecule has 0 unspecified atom stereocenters. The van der Waals surface area contributed by atoms with Crippen LogP contribution in [-0.2, 0) is 11.4 Å². The van der Waals surface area contributed by atoms with Crippen LogP contribution < -0.4 is 9.64 Å². The van der Waals surface area contributed by atoms with Crippen molar-refractivity contribution in [2.45, 2.75) is 6.61 Å². The fourth-order valence-electron chi connectivity index (χ4n) is 3.03. The number of ether oxygens (including phenoxy) is 1. The second kappa shape index (κ2) is 9.52. The summed E-state index contributed by atoms with van der Waals surface area (Å²) in [4.78, 5) is 25.2. The van der Waals surface area contributed by atoms with Crippen molar-refractivity contribution in [3.05, 3.63) is 104 Å². The summed E-state index contributed by atoms with van der Waals surface area (Å²) in [6.07, 6.45) is 1.73. The van der Waals surface area contributed by atoms with Crippen LogP contribution in [0.4, 0.5) is 11.4 Å². The van der Waals surface area contributed by atoms with Gasteiger partial charge in [-0.2, -0.15) is 0 Å². The predicted octanol–water partition coefficient (Wildman–Crippen LogP) is 6.23. The molecule has 3 aromatic rings. The molecule has 0 aromatic heterocycles. The molecule has 1 aliphatic rings. The molecule has 0 aliphatic carbocycles. The van der Waals surface area contributed by atoms with Gasteiger partial charge in [0.05, 0.1) is 15.5 Å². The van der Waals surface area contributed by atoms with Crippen LogP contribution in [-0.4, -0.2) is 15.2 Å². The molecule has 0 atom stereocenters. The largest absolute Gasteiger partial charge is 0.489 e. The summed E-state index contributed by atoms with van der Waals surface area (Å²) in [7, 11) is 0. The van der Waals surface area contributed by atoms with Crippen LogP contribution in [0.25, 0.3) is 6.08 Å². The van der Waals surface area contributed by atoms with E-state index in [1.807, 2.05) is 36.4 Å². The van der Waals surface area contributed by atoms with E-state index in [9.17, 15) is 14.9 Å². The molecule has 4 rings (SSSR count). The van der Waals surface area contributed by atoms with Crippen molar-refractivity contribution < 1.29 is 14.5 Å². The Morgan fingerprint density at radius 1 is 1.09 bits per heavy atom. The number of hydrogen-bond acceptors (Lipinski definition) is 6. The lowest BCUT2D eigenvalue weighted by Gasteiger charge is -2.14. The normalized spacial score (nSPS) is 14.8. The van der Waals surface area contributed by atoms with Gasteiger partial charge in [0.25, 0.3) is 11.6 Å². The molecular formula is C23H15ClN2O4S2. The Morgan fingerprint density at radius 3 is 2.59 bits per heavy atom. The SMILES string of the molecule is O=C1/C(=C/c2cccc(OCc3ccc(Cl)cc3)c2)SC(=S)N1c1cccc([N+](=O)[O-])c1. The summed E-state index contributed by atoms with van der Waals surface area (Å²) >= 11 is 12.4. The average molecular weight is 483 g/mol. The van der Waals surface area contributed by atoms with Gasteiger partial charge in [-0.05, 0) is 47.5 Å². The van der Waals surface area contributed by atoms with Gasteiger partial charge in [0.2, 0.25) is 0 Å². The van der Waals surface area contributed by atoms with Crippen LogP contribution in [0.1, 0.15) is 11.1 Å². The van der Waals surface area contributed by atoms with E-state index in [4.69, 9.17) is 28.6 Å². The molecule has 160 valence electrons. The van der Waals surface area contributed by atoms with E-state index in [2.05, 4.69) is 0 Å². The Balaban J connectivity index is 1.51. The number of thioether (sulfide) groups is 1. The number of carbonyl (C=O) groups excluding carboxylic acids is 1. The van der Waals surface area contributed by atoms with Crippen molar-refractivity contribution >= 4 is 63.3 Å². The zero-order valence-corrected chi connectivity index (χ0v) is 18.8. The lowest BCUT2D eigenvalue weighted by Crippen LogP contribution is -2.27. The predicted molar refractivity (Wildman–Crippen MR) is 131 cm³/mol. The van der Waals surface area contributed by atoms with Crippen molar-refractivity contribution in [1.82, 2.24) is 0 Å². The minimum absolute atomic E-state index is 0.105. The Kier molecular flexibility index (Phi) is 6.55. The van der Waals surface area contributed by atoms with Gasteiger partial charge in [0.1, 0.15) is 12.4 Å². The molecule has 9 heteroatoms. The first kappa shape index (κ1) is 22.0. The van der Waals surface area contributed by atoms with Gasteiger partial charge < -0.3 is 4.74 Å². The van der Waals surface area contributed by atoms with E-state index in [0.29, 0.717) is 32.3 Å². The van der Waals surface area contributed by atoms with Crippen LogP contribution in [0.3, 0.4) is 0 Å². The third-order valence-corrected chi connectivity index (χ3v) is 6.12. The molecule has 6 nitrogen and oxygen atoms in total. The fraction of sp³-hybridized carbons (Fsp3) is 0.0435. The fourth-order valence-corrected chi connectivity index (χ4v) is 4.45. The summed E-state index contributed by atoms with van der Waals surface area (Å²) in [6.45, 7) is 0.384. The number of anilines is 1. The minimum Gasteiger partial charge on any atom is -0.489 e. The van der Waals surface area contributed by atoms with Crippen LogP contribution in [0.15, 0.2) is 77.7 Å². The summed E-state index contributed by atoms with van der Waals surface area (Å²) < 4.78 is 6.16. The first-order valence-corrected chi connectivity index (χ1v) is 11.0. The summed E-state index contributed by atoms with van der Waals surface area (Å²) in [5, 5.41) is 11.7. The van der Waals surface area contributed by atoms with Crippen LogP contribution >= 0.6 is 35.6 Å². The lowest BCUT2D eigenvalue weighted by atomic mass is 10.2. The van der Waals surface area contributed by atoms with Crippen molar-refractivity contribution in [2.75, 3.05) is 4.90 Å². The molecule has 32 heavy (non-hydrogen) atoms. The van der Waals surface area contributed by atoms with Gasteiger partial charge in [-0.1, -0.05) is 65.9 Å². The van der Waals surface area contributed by atoms with Crippen molar-refractivity contribution in [1.29, 1.82) is 0 Å². The third kappa shape index (κ3) is 4.99. The number of rotatable bonds is 6. The Labute approximate surface area is 198 Å². The highest BCUT2D eigenvalue weighted by Crippen LogP contribution is 2.37. The van der Waals surface area contributed by atoms with Gasteiger partial charge in [-0.25, -0.2) is 0 Å². The number of halogens is 1. The molecule has 0 radical (unpaired) electrons. The van der Waals surface area contributed by atoms with E-state index in [1.54, 1.807) is 24.3 Å². The molecule has 3 aromatic carbocycles. The lowest BCUT2D eigenvalue weighted by molar-refractivity contribution is -0.384. The number of non-ortho nitro benzene ring substituents is 1. The highest BCUT2D eigenvalue weighted by Gasteiger charge is 2.33. The summed E-state index contributed by atoms with van der Waals surface area (Å²) in [6, 6.07) is 20.6. The minimum atomic E-state index is -0.507. The van der Waals surface area contributed by atoms with Gasteiger partial charge in [-0.3, -0.25) is 19.8 Å². The summed E-state index contributed by atoms with van der Waals surface area (Å²) in [5.74, 6) is 0.329. The van der Waals surface area contributed by atoms with Crippen molar-refractivity contribution in [2.24, 2.45) is 0 Å². The number of thiocarbonyl (C=S) groups is 1. The van der Waals surface area contributed by atoms with E-state index in [1.165, 1.54) is 23.1 Å². The van der Waals surface area contributed by atoms with Crippen LogP contribution in [0, 0.1) is 10.1 Å². The maximum Gasteiger partial charge on any atom is 0.271 e. The summed E-state index contributed by atoms with van der Waals surface area (Å²) in [5.41, 5.74) is 2.02. The molecule has 1 heterocycles.